The fraction of sp³-hybridized carbons (Fsp3) is 0.609. The van der Waals surface area contributed by atoms with Gasteiger partial charge in [-0.3, -0.25) is 4.90 Å². The second-order valence-electron chi connectivity index (χ2n) is 10.3. The van der Waals surface area contributed by atoms with Gasteiger partial charge in [-0.1, -0.05) is 26.8 Å². The topological polar surface area (TPSA) is 98.6 Å². The van der Waals surface area contributed by atoms with Gasteiger partial charge >= 0.3 is 6.18 Å². The predicted octanol–water partition coefficient (Wildman–Crippen LogP) is 5.24. The van der Waals surface area contributed by atoms with E-state index in [1.807, 2.05) is 18.9 Å². The number of aromatic nitrogens is 3. The maximum Gasteiger partial charge on any atom is 0.403 e. The van der Waals surface area contributed by atoms with E-state index < -0.39 is 12.2 Å². The molecule has 0 saturated carbocycles. The monoisotopic (exact) mass is 494 g/mol. The Labute approximate surface area is 203 Å². The summed E-state index contributed by atoms with van der Waals surface area (Å²) in [5, 5.41) is 9.30. The molecule has 0 amide bonds. The molecular weight excluding hydrogens is 461 g/mol. The summed E-state index contributed by atoms with van der Waals surface area (Å²) in [7, 11) is 1.87. The Hall–Kier alpha value is -3.02. The van der Waals surface area contributed by atoms with Crippen LogP contribution in [0.4, 0.5) is 42.4 Å². The number of nitrogens with zero attached hydrogens (tertiary/aromatic N) is 6. The molecule has 1 aliphatic heterocycles. The molecule has 1 aromatic heterocycles. The van der Waals surface area contributed by atoms with Gasteiger partial charge in [0, 0.05) is 38.4 Å². The first-order valence-electron chi connectivity index (χ1n) is 11.5. The quantitative estimate of drug-likeness (QED) is 0.481. The number of benzene rings is 1. The molecule has 35 heavy (non-hydrogen) atoms. The van der Waals surface area contributed by atoms with Gasteiger partial charge in [-0.25, -0.2) is 0 Å². The molecule has 0 spiro atoms. The summed E-state index contributed by atoms with van der Waals surface area (Å²) in [6.45, 7) is 10.6. The number of halogens is 3. The van der Waals surface area contributed by atoms with E-state index in [0.29, 0.717) is 31.1 Å². The van der Waals surface area contributed by atoms with Crippen molar-refractivity contribution in [3.63, 3.8) is 0 Å². The van der Waals surface area contributed by atoms with E-state index in [1.165, 1.54) is 11.8 Å². The molecule has 1 saturated heterocycles. The van der Waals surface area contributed by atoms with Crippen molar-refractivity contribution in [2.75, 3.05) is 42.2 Å². The molecule has 1 aliphatic rings. The number of aryl methyl sites for hydroxylation is 1. The van der Waals surface area contributed by atoms with E-state index in [4.69, 9.17) is 0 Å². The van der Waals surface area contributed by atoms with Crippen molar-refractivity contribution < 1.29 is 13.2 Å². The maximum atomic E-state index is 13.1. The fourth-order valence-electron chi connectivity index (χ4n) is 4.01. The third-order valence-corrected chi connectivity index (χ3v) is 5.82. The number of nitroso groups, excluding NO2 is 1. The number of nitrogens with one attached hydrogen (secondary N) is 2. The summed E-state index contributed by atoms with van der Waals surface area (Å²) in [6, 6.07) is 3.23. The van der Waals surface area contributed by atoms with Crippen LogP contribution in [-0.4, -0.2) is 64.8 Å². The first-order valence-corrected chi connectivity index (χ1v) is 11.5. The Morgan fingerprint density at radius 3 is 2.51 bits per heavy atom. The lowest BCUT2D eigenvalue weighted by Crippen LogP contribution is -2.43. The zero-order valence-electron chi connectivity index (χ0n) is 20.9. The van der Waals surface area contributed by atoms with Gasteiger partial charge in [0.2, 0.25) is 17.8 Å². The first kappa shape index (κ1) is 26.6. The summed E-state index contributed by atoms with van der Waals surface area (Å²) in [5.41, 5.74) is 1.72. The zero-order chi connectivity index (χ0) is 26.0. The number of anilines is 4. The molecule has 0 radical (unpaired) electrons. The number of hydrogen-bond donors (Lipinski definition) is 2. The minimum absolute atomic E-state index is 0.0250. The molecule has 1 aromatic carbocycles. The van der Waals surface area contributed by atoms with Crippen LogP contribution in [-0.2, 0) is 0 Å². The van der Waals surface area contributed by atoms with Crippen LogP contribution < -0.4 is 15.5 Å². The van der Waals surface area contributed by atoms with E-state index in [0.717, 1.165) is 5.56 Å². The SMILES string of the molecule is Cc1ccc(N=O)cc1Nc1nc(N[C@@H]2CCN(C(C)C(F)(F)F)C2)nc(N(C)CC(C)(C)C)n1. The van der Waals surface area contributed by atoms with Crippen LogP contribution in [0, 0.1) is 17.2 Å². The van der Waals surface area contributed by atoms with Crippen molar-refractivity contribution in [1.29, 1.82) is 0 Å². The van der Waals surface area contributed by atoms with Crippen molar-refractivity contribution in [3.05, 3.63) is 28.7 Å². The summed E-state index contributed by atoms with van der Waals surface area (Å²) in [4.78, 5) is 27.8. The van der Waals surface area contributed by atoms with Crippen molar-refractivity contribution in [2.24, 2.45) is 10.6 Å². The van der Waals surface area contributed by atoms with Crippen LogP contribution in [0.1, 0.15) is 39.7 Å². The van der Waals surface area contributed by atoms with Crippen molar-refractivity contribution in [1.82, 2.24) is 19.9 Å². The summed E-state index contributed by atoms with van der Waals surface area (Å²) < 4.78 is 39.4. The molecule has 12 heteroatoms. The van der Waals surface area contributed by atoms with Gasteiger partial charge in [0.25, 0.3) is 0 Å². The Bertz CT molecular complexity index is 1040. The zero-order valence-corrected chi connectivity index (χ0v) is 20.9. The molecule has 2 N–H and O–H groups in total. The third kappa shape index (κ3) is 7.23. The van der Waals surface area contributed by atoms with Crippen molar-refractivity contribution in [2.45, 2.75) is 59.3 Å². The minimum atomic E-state index is -4.27. The van der Waals surface area contributed by atoms with Gasteiger partial charge in [-0.2, -0.15) is 28.1 Å². The molecule has 1 fully saturated rings. The molecule has 2 atom stereocenters. The Morgan fingerprint density at radius 1 is 1.20 bits per heavy atom. The van der Waals surface area contributed by atoms with E-state index in [9.17, 15) is 18.1 Å². The second kappa shape index (κ2) is 10.3. The van der Waals surface area contributed by atoms with Gasteiger partial charge in [0.15, 0.2) is 0 Å². The average molecular weight is 495 g/mol. The fourth-order valence-corrected chi connectivity index (χ4v) is 4.01. The molecular formula is C23H33F3N8O. The molecule has 192 valence electrons. The lowest BCUT2D eigenvalue weighted by molar-refractivity contribution is -0.175. The molecule has 0 aliphatic carbocycles. The van der Waals surface area contributed by atoms with E-state index in [1.54, 1.807) is 18.2 Å². The van der Waals surface area contributed by atoms with E-state index in [2.05, 4.69) is 51.5 Å². The van der Waals surface area contributed by atoms with E-state index >= 15 is 0 Å². The Balaban J connectivity index is 1.86. The number of likely N-dealkylation sites (tertiary alicyclic amines) is 1. The standard InChI is InChI=1S/C23H33F3N8O/c1-14-7-8-16(32-35)11-18(14)28-20-29-19(30-21(31-20)33(6)13-22(3,4)5)27-17-9-10-34(12-17)15(2)23(24,25)26/h7-8,11,15,17H,9-10,12-13H2,1-6H3,(H2,27,28,29,30,31)/t15?,17-/m1/s1. The van der Waals surface area contributed by atoms with Gasteiger partial charge < -0.3 is 15.5 Å². The van der Waals surface area contributed by atoms with Gasteiger partial charge in [0.1, 0.15) is 11.7 Å². The van der Waals surface area contributed by atoms with Gasteiger partial charge in [-0.05, 0) is 48.6 Å². The third-order valence-electron chi connectivity index (χ3n) is 5.82. The summed E-state index contributed by atoms with van der Waals surface area (Å²) in [5.74, 6) is 0.941. The molecule has 3 rings (SSSR count). The normalized spacial score (nSPS) is 17.8. The van der Waals surface area contributed by atoms with Crippen LogP contribution in [0.5, 0.6) is 0 Å². The molecule has 2 aromatic rings. The van der Waals surface area contributed by atoms with Gasteiger partial charge in [0.05, 0.1) is 0 Å². The highest BCUT2D eigenvalue weighted by atomic mass is 19.4. The highest BCUT2D eigenvalue weighted by Crippen LogP contribution is 2.29. The number of alkyl halides is 3. The second-order valence-corrected chi connectivity index (χ2v) is 10.3. The Kier molecular flexibility index (Phi) is 7.83. The first-order chi connectivity index (χ1) is 16.2. The lowest BCUT2D eigenvalue weighted by atomic mass is 9.96. The lowest BCUT2D eigenvalue weighted by Gasteiger charge is -2.27. The Morgan fingerprint density at radius 2 is 1.89 bits per heavy atom. The van der Waals surface area contributed by atoms with Crippen LogP contribution in [0.15, 0.2) is 23.4 Å². The van der Waals surface area contributed by atoms with Crippen LogP contribution in [0.25, 0.3) is 0 Å². The molecule has 0 bridgehead atoms. The van der Waals surface area contributed by atoms with E-state index in [-0.39, 0.29) is 35.6 Å². The summed E-state index contributed by atoms with van der Waals surface area (Å²) in [6.07, 6.45) is -3.74. The van der Waals surface area contributed by atoms with Gasteiger partial charge in [-0.15, -0.1) is 4.91 Å². The maximum absolute atomic E-state index is 13.1. The molecule has 2 heterocycles. The van der Waals surface area contributed by atoms with Crippen LogP contribution in [0.3, 0.4) is 0 Å². The minimum Gasteiger partial charge on any atom is -0.350 e. The van der Waals surface area contributed by atoms with Crippen molar-refractivity contribution in [3.8, 4) is 0 Å². The number of hydrogen-bond acceptors (Lipinski definition) is 9. The average Bonchev–Trinajstić information content (AvgIpc) is 3.21. The predicted molar refractivity (Wildman–Crippen MR) is 132 cm³/mol. The largest absolute Gasteiger partial charge is 0.403 e. The molecule has 1 unspecified atom stereocenters. The highest BCUT2D eigenvalue weighted by Gasteiger charge is 2.42. The highest BCUT2D eigenvalue weighted by molar-refractivity contribution is 5.64. The number of rotatable bonds is 8. The summed E-state index contributed by atoms with van der Waals surface area (Å²) >= 11 is 0. The van der Waals surface area contributed by atoms with Crippen LogP contribution >= 0.6 is 0 Å². The van der Waals surface area contributed by atoms with Crippen molar-refractivity contribution >= 4 is 29.2 Å². The van der Waals surface area contributed by atoms with Crippen LogP contribution in [0.2, 0.25) is 0 Å². The smallest absolute Gasteiger partial charge is 0.350 e. The molecule has 9 nitrogen and oxygen atoms in total.